The standard InChI is InChI=1S/C20H23FN2O4/c21-17-8-6-16(7-9-17)14-18(19(25)26)22-20(27)23(12-13-24)11-10-15-4-2-1-3-5-15/h1-9,18,24H,10-14H2,(H,22,27)(H,25,26)/t18-/m0/s1. The number of aliphatic hydroxyl groups excluding tert-OH is 1. The van der Waals surface area contributed by atoms with E-state index in [4.69, 9.17) is 0 Å². The molecule has 144 valence electrons. The van der Waals surface area contributed by atoms with E-state index in [2.05, 4.69) is 5.32 Å². The lowest BCUT2D eigenvalue weighted by atomic mass is 10.1. The number of hydrogen-bond donors (Lipinski definition) is 3. The van der Waals surface area contributed by atoms with Crippen LogP contribution in [0.2, 0.25) is 0 Å². The molecule has 0 saturated heterocycles. The lowest BCUT2D eigenvalue weighted by molar-refractivity contribution is -0.139. The second-order valence-electron chi connectivity index (χ2n) is 6.12. The molecule has 0 aliphatic heterocycles. The summed E-state index contributed by atoms with van der Waals surface area (Å²) >= 11 is 0. The van der Waals surface area contributed by atoms with Gasteiger partial charge in [-0.25, -0.2) is 14.0 Å². The number of aliphatic carboxylic acids is 1. The van der Waals surface area contributed by atoms with Crippen LogP contribution >= 0.6 is 0 Å². The minimum absolute atomic E-state index is 0.0347. The highest BCUT2D eigenvalue weighted by Crippen LogP contribution is 2.07. The normalized spacial score (nSPS) is 11.6. The van der Waals surface area contributed by atoms with Gasteiger partial charge in [0.1, 0.15) is 11.9 Å². The number of carbonyl (C=O) groups is 2. The molecule has 2 rings (SSSR count). The number of halogens is 1. The maximum atomic E-state index is 13.0. The first-order valence-electron chi connectivity index (χ1n) is 8.67. The number of benzene rings is 2. The monoisotopic (exact) mass is 374 g/mol. The van der Waals surface area contributed by atoms with Crippen molar-refractivity contribution >= 4 is 12.0 Å². The molecule has 27 heavy (non-hydrogen) atoms. The van der Waals surface area contributed by atoms with Gasteiger partial charge in [-0.05, 0) is 29.7 Å². The summed E-state index contributed by atoms with van der Waals surface area (Å²) in [6.45, 7) is 0.221. The van der Waals surface area contributed by atoms with Crippen LogP contribution in [0.3, 0.4) is 0 Å². The lowest BCUT2D eigenvalue weighted by Gasteiger charge is -2.24. The number of carbonyl (C=O) groups excluding carboxylic acids is 1. The molecule has 0 spiro atoms. The fourth-order valence-electron chi connectivity index (χ4n) is 2.64. The van der Waals surface area contributed by atoms with Gasteiger partial charge in [0.05, 0.1) is 6.61 Å². The van der Waals surface area contributed by atoms with E-state index in [1.54, 1.807) is 0 Å². The summed E-state index contributed by atoms with van der Waals surface area (Å²) < 4.78 is 13.0. The molecular weight excluding hydrogens is 351 g/mol. The maximum Gasteiger partial charge on any atom is 0.326 e. The number of nitrogens with zero attached hydrogens (tertiary/aromatic N) is 1. The Balaban J connectivity index is 1.99. The first-order valence-corrected chi connectivity index (χ1v) is 8.67. The van der Waals surface area contributed by atoms with Crippen LogP contribution in [0.4, 0.5) is 9.18 Å². The first-order chi connectivity index (χ1) is 13.0. The molecule has 0 heterocycles. The van der Waals surface area contributed by atoms with Crippen LogP contribution in [-0.2, 0) is 17.6 Å². The minimum Gasteiger partial charge on any atom is -0.480 e. The number of aliphatic hydroxyl groups is 1. The number of hydrogen-bond acceptors (Lipinski definition) is 3. The predicted molar refractivity (Wildman–Crippen MR) is 98.9 cm³/mol. The molecule has 2 amide bonds. The molecule has 2 aromatic rings. The number of rotatable bonds is 9. The Hall–Kier alpha value is -2.93. The fraction of sp³-hybridized carbons (Fsp3) is 0.300. The van der Waals surface area contributed by atoms with Gasteiger partial charge in [0, 0.05) is 19.5 Å². The van der Waals surface area contributed by atoms with Crippen LogP contribution in [0, 0.1) is 5.82 Å². The summed E-state index contributed by atoms with van der Waals surface area (Å²) in [4.78, 5) is 25.4. The summed E-state index contributed by atoms with van der Waals surface area (Å²) in [5.41, 5.74) is 1.64. The average Bonchev–Trinajstić information content (AvgIpc) is 2.67. The Kier molecular flexibility index (Phi) is 7.76. The summed E-state index contributed by atoms with van der Waals surface area (Å²) in [5, 5.41) is 21.1. The Morgan fingerprint density at radius 2 is 1.67 bits per heavy atom. The van der Waals surface area contributed by atoms with E-state index in [0.717, 1.165) is 5.56 Å². The SMILES string of the molecule is O=C(O)[C@H](Cc1ccc(F)cc1)NC(=O)N(CCO)CCc1ccccc1. The Morgan fingerprint density at radius 1 is 1.00 bits per heavy atom. The van der Waals surface area contributed by atoms with Crippen LogP contribution < -0.4 is 5.32 Å². The van der Waals surface area contributed by atoms with Crippen molar-refractivity contribution < 1.29 is 24.2 Å². The van der Waals surface area contributed by atoms with E-state index in [0.29, 0.717) is 18.5 Å². The van der Waals surface area contributed by atoms with Gasteiger partial charge >= 0.3 is 12.0 Å². The predicted octanol–water partition coefficient (Wildman–Crippen LogP) is 2.07. The topological polar surface area (TPSA) is 89.9 Å². The van der Waals surface area contributed by atoms with Crippen molar-refractivity contribution in [1.29, 1.82) is 0 Å². The van der Waals surface area contributed by atoms with Crippen molar-refractivity contribution in [2.75, 3.05) is 19.7 Å². The molecule has 0 aliphatic rings. The zero-order chi connectivity index (χ0) is 19.6. The van der Waals surface area contributed by atoms with Gasteiger partial charge in [-0.15, -0.1) is 0 Å². The summed E-state index contributed by atoms with van der Waals surface area (Å²) in [6.07, 6.45) is 0.622. The van der Waals surface area contributed by atoms with Crippen molar-refractivity contribution in [3.63, 3.8) is 0 Å². The van der Waals surface area contributed by atoms with Crippen molar-refractivity contribution in [2.24, 2.45) is 0 Å². The number of carboxylic acid groups (broad SMARTS) is 1. The number of nitrogens with one attached hydrogen (secondary N) is 1. The van der Waals surface area contributed by atoms with E-state index < -0.39 is 23.9 Å². The molecule has 0 aromatic heterocycles. The zero-order valence-electron chi connectivity index (χ0n) is 14.8. The molecule has 3 N–H and O–H groups in total. The van der Waals surface area contributed by atoms with E-state index in [9.17, 15) is 24.2 Å². The summed E-state index contributed by atoms with van der Waals surface area (Å²) in [7, 11) is 0. The van der Waals surface area contributed by atoms with Gasteiger partial charge in [-0.1, -0.05) is 42.5 Å². The van der Waals surface area contributed by atoms with E-state index in [1.165, 1.54) is 29.2 Å². The van der Waals surface area contributed by atoms with Gasteiger partial charge in [-0.2, -0.15) is 0 Å². The van der Waals surface area contributed by atoms with Gasteiger partial charge in [0.25, 0.3) is 0 Å². The third-order valence-corrected chi connectivity index (χ3v) is 4.12. The highest BCUT2D eigenvalue weighted by atomic mass is 19.1. The van der Waals surface area contributed by atoms with E-state index in [-0.39, 0.29) is 19.6 Å². The molecule has 0 aliphatic carbocycles. The molecule has 0 bridgehead atoms. The fourth-order valence-corrected chi connectivity index (χ4v) is 2.64. The van der Waals surface area contributed by atoms with Crippen molar-refractivity contribution in [3.8, 4) is 0 Å². The second-order valence-corrected chi connectivity index (χ2v) is 6.12. The average molecular weight is 374 g/mol. The van der Waals surface area contributed by atoms with Crippen molar-refractivity contribution in [3.05, 3.63) is 71.5 Å². The molecular formula is C20H23FN2O4. The smallest absolute Gasteiger partial charge is 0.326 e. The third-order valence-electron chi connectivity index (χ3n) is 4.12. The third kappa shape index (κ3) is 6.71. The summed E-state index contributed by atoms with van der Waals surface area (Å²) in [5.74, 6) is -1.59. The van der Waals surface area contributed by atoms with Crippen molar-refractivity contribution in [1.82, 2.24) is 10.2 Å². The van der Waals surface area contributed by atoms with Crippen LogP contribution in [0.25, 0.3) is 0 Å². The quantitative estimate of drug-likeness (QED) is 0.627. The highest BCUT2D eigenvalue weighted by molar-refractivity contribution is 5.82. The minimum atomic E-state index is -1.18. The Bertz CT molecular complexity index is 737. The van der Waals surface area contributed by atoms with Crippen LogP contribution in [0.15, 0.2) is 54.6 Å². The molecule has 0 radical (unpaired) electrons. The highest BCUT2D eigenvalue weighted by Gasteiger charge is 2.23. The lowest BCUT2D eigenvalue weighted by Crippen LogP contribution is -2.50. The number of urea groups is 1. The van der Waals surface area contributed by atoms with E-state index in [1.807, 2.05) is 30.3 Å². The molecule has 6 nitrogen and oxygen atoms in total. The van der Waals surface area contributed by atoms with Crippen LogP contribution in [0.1, 0.15) is 11.1 Å². The summed E-state index contributed by atoms with van der Waals surface area (Å²) in [6, 6.07) is 13.3. The maximum absolute atomic E-state index is 13.0. The van der Waals surface area contributed by atoms with Crippen LogP contribution in [-0.4, -0.2) is 52.9 Å². The molecule has 0 fully saturated rings. The number of carboxylic acids is 1. The zero-order valence-corrected chi connectivity index (χ0v) is 14.8. The number of amides is 2. The molecule has 1 atom stereocenters. The Morgan fingerprint density at radius 3 is 2.26 bits per heavy atom. The molecule has 0 unspecified atom stereocenters. The Labute approximate surface area is 157 Å². The molecule has 0 saturated carbocycles. The second kappa shape index (κ2) is 10.3. The van der Waals surface area contributed by atoms with Gasteiger partial charge in [0.2, 0.25) is 0 Å². The van der Waals surface area contributed by atoms with E-state index >= 15 is 0 Å². The first kappa shape index (κ1) is 20.4. The van der Waals surface area contributed by atoms with Gasteiger partial charge in [0.15, 0.2) is 0 Å². The molecule has 7 heteroatoms. The molecule has 2 aromatic carbocycles. The van der Waals surface area contributed by atoms with Crippen molar-refractivity contribution in [2.45, 2.75) is 18.9 Å². The largest absolute Gasteiger partial charge is 0.480 e. The van der Waals surface area contributed by atoms with Crippen LogP contribution in [0.5, 0.6) is 0 Å². The van der Waals surface area contributed by atoms with Gasteiger partial charge < -0.3 is 20.4 Å². The van der Waals surface area contributed by atoms with Gasteiger partial charge in [-0.3, -0.25) is 0 Å².